The molecule has 1 aliphatic rings. The number of rotatable bonds is 3. The Bertz CT molecular complexity index is 733. The highest BCUT2D eigenvalue weighted by atomic mass is 16.5. The van der Waals surface area contributed by atoms with E-state index in [2.05, 4.69) is 32.5 Å². The molecule has 1 aliphatic heterocycles. The SMILES string of the molecule is CNC(=O)[C@H]1Cc2ccccc2CN1Cc1noc(C(C)(C)C)n1. The van der Waals surface area contributed by atoms with E-state index in [1.54, 1.807) is 7.05 Å². The summed E-state index contributed by atoms with van der Waals surface area (Å²) in [6.07, 6.45) is 0.694. The van der Waals surface area contributed by atoms with Crippen molar-refractivity contribution in [1.29, 1.82) is 0 Å². The van der Waals surface area contributed by atoms with Gasteiger partial charge in [-0.05, 0) is 17.5 Å². The van der Waals surface area contributed by atoms with E-state index in [1.165, 1.54) is 11.1 Å². The maximum Gasteiger partial charge on any atom is 0.237 e. The Morgan fingerprint density at radius 1 is 1.33 bits per heavy atom. The van der Waals surface area contributed by atoms with Crippen molar-refractivity contribution in [3.05, 3.63) is 47.1 Å². The molecule has 3 rings (SSSR count). The summed E-state index contributed by atoms with van der Waals surface area (Å²) < 4.78 is 5.37. The Kier molecular flexibility index (Phi) is 4.41. The minimum atomic E-state index is -0.221. The number of amides is 1. The van der Waals surface area contributed by atoms with Crippen molar-refractivity contribution in [2.45, 2.75) is 51.7 Å². The van der Waals surface area contributed by atoms with E-state index in [0.29, 0.717) is 31.2 Å². The normalized spacial score (nSPS) is 18.2. The zero-order valence-corrected chi connectivity index (χ0v) is 14.7. The minimum Gasteiger partial charge on any atom is -0.358 e. The van der Waals surface area contributed by atoms with Gasteiger partial charge in [-0.15, -0.1) is 0 Å². The fourth-order valence-corrected chi connectivity index (χ4v) is 2.97. The number of hydrogen-bond donors (Lipinski definition) is 1. The summed E-state index contributed by atoms with van der Waals surface area (Å²) in [4.78, 5) is 18.9. The number of likely N-dealkylation sites (N-methyl/N-ethyl adjacent to an activating group) is 1. The molecule has 0 spiro atoms. The van der Waals surface area contributed by atoms with Crippen molar-refractivity contribution in [2.24, 2.45) is 0 Å². The quantitative estimate of drug-likeness (QED) is 0.933. The standard InChI is InChI=1S/C18H24N4O2/c1-18(2,3)17-20-15(21-24-17)11-22-10-13-8-6-5-7-12(13)9-14(22)16(23)19-4/h5-8,14H,9-11H2,1-4H3,(H,19,23)/t14-/m1/s1. The number of nitrogens with one attached hydrogen (secondary N) is 1. The van der Waals surface area contributed by atoms with Crippen molar-refractivity contribution >= 4 is 5.91 Å². The fraction of sp³-hybridized carbons (Fsp3) is 0.500. The Morgan fingerprint density at radius 3 is 2.67 bits per heavy atom. The third-order valence-corrected chi connectivity index (χ3v) is 4.35. The van der Waals surface area contributed by atoms with Crippen molar-refractivity contribution in [3.8, 4) is 0 Å². The van der Waals surface area contributed by atoms with Crippen LogP contribution in [-0.2, 0) is 29.7 Å². The van der Waals surface area contributed by atoms with E-state index in [9.17, 15) is 4.79 Å². The molecule has 0 aliphatic carbocycles. The van der Waals surface area contributed by atoms with Crippen LogP contribution in [0, 0.1) is 0 Å². The molecule has 1 aromatic heterocycles. The molecule has 6 nitrogen and oxygen atoms in total. The highest BCUT2D eigenvalue weighted by molar-refractivity contribution is 5.82. The van der Waals surface area contributed by atoms with Gasteiger partial charge >= 0.3 is 0 Å². The van der Waals surface area contributed by atoms with Crippen molar-refractivity contribution in [1.82, 2.24) is 20.4 Å². The van der Waals surface area contributed by atoms with Crippen LogP contribution in [0.5, 0.6) is 0 Å². The molecule has 1 amide bonds. The molecule has 1 atom stereocenters. The predicted octanol–water partition coefficient (Wildman–Crippen LogP) is 2.04. The molecule has 0 bridgehead atoms. The van der Waals surface area contributed by atoms with Crippen LogP contribution in [0.2, 0.25) is 0 Å². The highest BCUT2D eigenvalue weighted by Crippen LogP contribution is 2.25. The summed E-state index contributed by atoms with van der Waals surface area (Å²) in [5.74, 6) is 1.25. The first-order valence-electron chi connectivity index (χ1n) is 8.24. The number of fused-ring (bicyclic) bond motifs is 1. The molecule has 6 heteroatoms. The smallest absolute Gasteiger partial charge is 0.237 e. The molecular weight excluding hydrogens is 304 g/mol. The lowest BCUT2D eigenvalue weighted by Crippen LogP contribution is -2.49. The second-order valence-electron chi connectivity index (χ2n) is 7.27. The Balaban J connectivity index is 1.84. The molecule has 0 fully saturated rings. The lowest BCUT2D eigenvalue weighted by molar-refractivity contribution is -0.126. The van der Waals surface area contributed by atoms with Gasteiger partial charge in [0.15, 0.2) is 5.82 Å². The van der Waals surface area contributed by atoms with Gasteiger partial charge in [-0.2, -0.15) is 4.98 Å². The summed E-state index contributed by atoms with van der Waals surface area (Å²) in [7, 11) is 1.67. The lowest BCUT2D eigenvalue weighted by atomic mass is 9.93. The van der Waals surface area contributed by atoms with Crippen LogP contribution < -0.4 is 5.32 Å². The van der Waals surface area contributed by atoms with Crippen molar-refractivity contribution < 1.29 is 9.32 Å². The molecule has 128 valence electrons. The molecule has 1 N–H and O–H groups in total. The van der Waals surface area contributed by atoms with Gasteiger partial charge in [-0.25, -0.2) is 0 Å². The maximum absolute atomic E-state index is 12.3. The van der Waals surface area contributed by atoms with Gasteiger partial charge in [0.1, 0.15) is 0 Å². The molecule has 0 radical (unpaired) electrons. The Hall–Kier alpha value is -2.21. The van der Waals surface area contributed by atoms with Crippen molar-refractivity contribution in [3.63, 3.8) is 0 Å². The predicted molar refractivity (Wildman–Crippen MR) is 90.2 cm³/mol. The summed E-state index contributed by atoms with van der Waals surface area (Å²) in [6, 6.07) is 8.03. The number of carbonyl (C=O) groups is 1. The van der Waals surface area contributed by atoms with E-state index >= 15 is 0 Å². The number of benzene rings is 1. The molecule has 0 saturated heterocycles. The largest absolute Gasteiger partial charge is 0.358 e. The third kappa shape index (κ3) is 3.33. The monoisotopic (exact) mass is 328 g/mol. The van der Waals surface area contributed by atoms with Crippen LogP contribution in [0.1, 0.15) is 43.6 Å². The number of carbonyl (C=O) groups excluding carboxylic acids is 1. The second-order valence-corrected chi connectivity index (χ2v) is 7.27. The van der Waals surface area contributed by atoms with Crippen LogP contribution in [0.15, 0.2) is 28.8 Å². The van der Waals surface area contributed by atoms with Crippen LogP contribution in [0.4, 0.5) is 0 Å². The second kappa shape index (κ2) is 6.36. The zero-order chi connectivity index (χ0) is 17.3. The van der Waals surface area contributed by atoms with Gasteiger partial charge in [0.2, 0.25) is 11.8 Å². The topological polar surface area (TPSA) is 71.3 Å². The summed E-state index contributed by atoms with van der Waals surface area (Å²) >= 11 is 0. The van der Waals surface area contributed by atoms with Gasteiger partial charge in [-0.1, -0.05) is 50.2 Å². The average Bonchev–Trinajstić information content (AvgIpc) is 3.02. The fourth-order valence-electron chi connectivity index (χ4n) is 2.97. The highest BCUT2D eigenvalue weighted by Gasteiger charge is 2.32. The summed E-state index contributed by atoms with van der Waals surface area (Å²) in [6.45, 7) is 7.30. The average molecular weight is 328 g/mol. The van der Waals surface area contributed by atoms with Gasteiger partial charge in [0, 0.05) is 19.0 Å². The first-order valence-corrected chi connectivity index (χ1v) is 8.24. The summed E-state index contributed by atoms with van der Waals surface area (Å²) in [5, 5.41) is 6.86. The maximum atomic E-state index is 12.3. The molecular formula is C18H24N4O2. The number of nitrogens with zero attached hydrogens (tertiary/aromatic N) is 3. The first kappa shape index (κ1) is 16.6. The molecule has 24 heavy (non-hydrogen) atoms. The minimum absolute atomic E-state index is 0.0176. The van der Waals surface area contributed by atoms with Gasteiger partial charge in [-0.3, -0.25) is 9.69 Å². The van der Waals surface area contributed by atoms with E-state index in [4.69, 9.17) is 4.52 Å². The van der Waals surface area contributed by atoms with Crippen molar-refractivity contribution in [2.75, 3.05) is 7.05 Å². The van der Waals surface area contributed by atoms with Crippen LogP contribution >= 0.6 is 0 Å². The number of hydrogen-bond acceptors (Lipinski definition) is 5. The molecule has 2 aromatic rings. The summed E-state index contributed by atoms with van der Waals surface area (Å²) in [5.41, 5.74) is 2.29. The first-order chi connectivity index (χ1) is 11.4. The Morgan fingerprint density at radius 2 is 2.04 bits per heavy atom. The van der Waals surface area contributed by atoms with Crippen LogP contribution in [-0.4, -0.2) is 34.0 Å². The van der Waals surface area contributed by atoms with E-state index in [-0.39, 0.29) is 17.4 Å². The van der Waals surface area contributed by atoms with E-state index in [0.717, 1.165) is 0 Å². The molecule has 1 aromatic carbocycles. The molecule has 0 unspecified atom stereocenters. The Labute approximate surface area is 142 Å². The zero-order valence-electron chi connectivity index (χ0n) is 14.7. The van der Waals surface area contributed by atoms with E-state index in [1.807, 2.05) is 32.9 Å². The lowest BCUT2D eigenvalue weighted by Gasteiger charge is -2.34. The van der Waals surface area contributed by atoms with Gasteiger partial charge < -0.3 is 9.84 Å². The number of aromatic nitrogens is 2. The van der Waals surface area contributed by atoms with Crippen LogP contribution in [0.25, 0.3) is 0 Å². The molecule has 0 saturated carbocycles. The van der Waals surface area contributed by atoms with E-state index < -0.39 is 0 Å². The molecule has 2 heterocycles. The van der Waals surface area contributed by atoms with Crippen LogP contribution in [0.3, 0.4) is 0 Å². The van der Waals surface area contributed by atoms with Gasteiger partial charge in [0.25, 0.3) is 0 Å². The third-order valence-electron chi connectivity index (χ3n) is 4.35. The van der Waals surface area contributed by atoms with Gasteiger partial charge in [0.05, 0.1) is 12.6 Å².